The van der Waals surface area contributed by atoms with Crippen molar-refractivity contribution in [2.45, 2.75) is 66.5 Å². The van der Waals surface area contributed by atoms with Crippen LogP contribution >= 0.6 is 22.9 Å². The molecule has 4 aromatic rings. The molecule has 1 aliphatic heterocycles. The Bertz CT molecular complexity index is 2010. The van der Waals surface area contributed by atoms with Crippen molar-refractivity contribution in [1.82, 2.24) is 9.80 Å². The van der Waals surface area contributed by atoms with Gasteiger partial charge >= 0.3 is 0 Å². The maximum Gasteiger partial charge on any atom is 0.265 e. The Hall–Kier alpha value is -3.64. The fourth-order valence-electron chi connectivity index (χ4n) is 6.11. The number of hydrogen-bond acceptors (Lipinski definition) is 7. The zero-order valence-electron chi connectivity index (χ0n) is 30.0. The number of nitrogens with zero attached hydrogens (tertiary/aromatic N) is 2. The molecule has 0 radical (unpaired) electrons. The van der Waals surface area contributed by atoms with Gasteiger partial charge in [0.25, 0.3) is 5.91 Å². The maximum atomic E-state index is 13.4. The van der Waals surface area contributed by atoms with Gasteiger partial charge < -0.3 is 15.0 Å². The molecule has 1 aliphatic rings. The second-order valence-electron chi connectivity index (χ2n) is 14.9. The van der Waals surface area contributed by atoms with Gasteiger partial charge in [-0.3, -0.25) is 19.2 Å². The number of amides is 2. The number of ether oxygens (including phenoxy) is 1. The molecular weight excluding hydrogens is 692 g/mol. The van der Waals surface area contributed by atoms with E-state index in [0.717, 1.165) is 58.4 Å². The van der Waals surface area contributed by atoms with Crippen molar-refractivity contribution in [2.75, 3.05) is 42.5 Å². The molecule has 0 atom stereocenters. The van der Waals surface area contributed by atoms with Crippen molar-refractivity contribution in [2.24, 2.45) is 5.41 Å². The standard InChI is InChI=1S/C38H47ClN4O5S2/c1-24(2)48-32-16-25(23-42-11-13-43(14-12-42)36(45)37(3,4)5)15-27(21-32)38(6,7)28-19-29(39)22-31(20-28)40-35(44)34-18-26-17-30(41-50(8,46)47)9-10-33(26)49-34/h9-10,15-22,24,41H,11-14,23H2,1-8H3,(H,40,44). The van der Waals surface area contributed by atoms with Gasteiger partial charge in [-0.2, -0.15) is 0 Å². The average Bonchev–Trinajstić information content (AvgIpc) is 3.43. The van der Waals surface area contributed by atoms with Crippen LogP contribution in [0.2, 0.25) is 5.02 Å². The largest absolute Gasteiger partial charge is 0.491 e. The number of fused-ring (bicyclic) bond motifs is 1. The quantitative estimate of drug-likeness (QED) is 0.171. The molecule has 5 rings (SSSR count). The number of anilines is 2. The first-order valence-corrected chi connectivity index (χ1v) is 19.8. The summed E-state index contributed by atoms with van der Waals surface area (Å²) < 4.78 is 32.9. The molecule has 2 amide bonds. The number of carbonyl (C=O) groups is 2. The first-order valence-electron chi connectivity index (χ1n) is 16.7. The van der Waals surface area contributed by atoms with E-state index >= 15 is 0 Å². The van der Waals surface area contributed by atoms with Gasteiger partial charge in [0.2, 0.25) is 15.9 Å². The number of hydrogen-bond donors (Lipinski definition) is 2. The summed E-state index contributed by atoms with van der Waals surface area (Å²) in [5.74, 6) is 0.693. The maximum absolute atomic E-state index is 13.4. The van der Waals surface area contributed by atoms with Gasteiger partial charge in [0.15, 0.2) is 0 Å². The first kappa shape index (κ1) is 37.6. The van der Waals surface area contributed by atoms with Crippen LogP contribution in [0.3, 0.4) is 0 Å². The first-order chi connectivity index (χ1) is 23.3. The van der Waals surface area contributed by atoms with Crippen LogP contribution in [0.15, 0.2) is 60.7 Å². The summed E-state index contributed by atoms with van der Waals surface area (Å²) in [6.45, 7) is 17.9. The molecular formula is C38H47ClN4O5S2. The van der Waals surface area contributed by atoms with Crippen LogP contribution in [0.1, 0.15) is 74.8 Å². The van der Waals surface area contributed by atoms with E-state index in [1.165, 1.54) is 11.3 Å². The van der Waals surface area contributed by atoms with Gasteiger partial charge in [-0.1, -0.05) is 52.3 Å². The van der Waals surface area contributed by atoms with Crippen molar-refractivity contribution >= 4 is 66.2 Å². The van der Waals surface area contributed by atoms with Gasteiger partial charge in [0, 0.05) is 64.7 Å². The molecule has 0 spiro atoms. The molecule has 0 saturated carbocycles. The molecule has 0 bridgehead atoms. The fourth-order valence-corrected chi connectivity index (χ4v) is 7.84. The zero-order chi connectivity index (χ0) is 36.6. The predicted octanol–water partition coefficient (Wildman–Crippen LogP) is 7.98. The molecule has 1 fully saturated rings. The highest BCUT2D eigenvalue weighted by atomic mass is 35.5. The summed E-state index contributed by atoms with van der Waals surface area (Å²) in [5.41, 5.74) is 3.21. The van der Waals surface area contributed by atoms with Crippen molar-refractivity contribution in [3.8, 4) is 5.75 Å². The summed E-state index contributed by atoms with van der Waals surface area (Å²) >= 11 is 7.99. The third-order valence-electron chi connectivity index (χ3n) is 8.69. The minimum Gasteiger partial charge on any atom is -0.491 e. The normalized spacial score (nSPS) is 14.6. The Morgan fingerprint density at radius 3 is 2.22 bits per heavy atom. The molecule has 1 saturated heterocycles. The van der Waals surface area contributed by atoms with Crippen LogP contribution < -0.4 is 14.8 Å². The highest BCUT2D eigenvalue weighted by molar-refractivity contribution is 7.92. The molecule has 2 N–H and O–H groups in total. The lowest BCUT2D eigenvalue weighted by Gasteiger charge is -2.38. The predicted molar refractivity (Wildman–Crippen MR) is 205 cm³/mol. The Balaban J connectivity index is 1.37. The highest BCUT2D eigenvalue weighted by Gasteiger charge is 2.30. The van der Waals surface area contributed by atoms with Gasteiger partial charge in [-0.05, 0) is 90.5 Å². The summed E-state index contributed by atoms with van der Waals surface area (Å²) in [5, 5.41) is 4.28. The minimum atomic E-state index is -3.42. The number of benzene rings is 3. The van der Waals surface area contributed by atoms with E-state index in [1.54, 1.807) is 30.3 Å². The third kappa shape index (κ3) is 9.37. The van der Waals surface area contributed by atoms with Crippen molar-refractivity contribution in [3.05, 3.63) is 87.3 Å². The van der Waals surface area contributed by atoms with E-state index in [0.29, 0.717) is 34.4 Å². The van der Waals surface area contributed by atoms with Crippen LogP contribution in [0.4, 0.5) is 11.4 Å². The lowest BCUT2D eigenvalue weighted by atomic mass is 9.77. The van der Waals surface area contributed by atoms with Crippen LogP contribution in [0.25, 0.3) is 10.1 Å². The molecule has 12 heteroatoms. The van der Waals surface area contributed by atoms with E-state index in [2.05, 4.69) is 47.0 Å². The van der Waals surface area contributed by atoms with E-state index in [1.807, 2.05) is 51.7 Å². The van der Waals surface area contributed by atoms with Crippen LogP contribution in [-0.4, -0.2) is 68.6 Å². The Morgan fingerprint density at radius 1 is 0.900 bits per heavy atom. The third-order valence-corrected chi connectivity index (χ3v) is 10.6. The number of halogens is 1. The molecule has 0 unspecified atom stereocenters. The van der Waals surface area contributed by atoms with Crippen molar-refractivity contribution in [1.29, 1.82) is 0 Å². The van der Waals surface area contributed by atoms with Crippen LogP contribution in [0.5, 0.6) is 5.75 Å². The second-order valence-corrected chi connectivity index (χ2v) is 18.2. The number of sulfonamides is 1. The van der Waals surface area contributed by atoms with Gasteiger partial charge in [0.05, 0.1) is 17.2 Å². The molecule has 9 nitrogen and oxygen atoms in total. The lowest BCUT2D eigenvalue weighted by Crippen LogP contribution is -2.51. The molecule has 0 aliphatic carbocycles. The number of piperazine rings is 1. The van der Waals surface area contributed by atoms with Crippen molar-refractivity contribution in [3.63, 3.8) is 0 Å². The summed E-state index contributed by atoms with van der Waals surface area (Å²) in [4.78, 5) is 31.1. The number of carbonyl (C=O) groups excluding carboxylic acids is 2. The Morgan fingerprint density at radius 2 is 1.58 bits per heavy atom. The fraction of sp³-hybridized carbons (Fsp3) is 0.421. The van der Waals surface area contributed by atoms with E-state index in [9.17, 15) is 18.0 Å². The SMILES string of the molecule is CC(C)Oc1cc(CN2CCN(C(=O)C(C)(C)C)CC2)cc(C(C)(C)c2cc(Cl)cc(NC(=O)c3cc4cc(NS(C)(=O)=O)ccc4s3)c2)c1. The minimum absolute atomic E-state index is 0.00223. The van der Waals surface area contributed by atoms with Crippen LogP contribution in [-0.2, 0) is 26.8 Å². The van der Waals surface area contributed by atoms with E-state index in [-0.39, 0.29) is 17.9 Å². The number of rotatable bonds is 10. The number of thiophene rings is 1. The topological polar surface area (TPSA) is 108 Å². The Kier molecular flexibility index (Phi) is 10.9. The zero-order valence-corrected chi connectivity index (χ0v) is 32.4. The summed E-state index contributed by atoms with van der Waals surface area (Å²) in [6.07, 6.45) is 1.10. The van der Waals surface area contributed by atoms with Gasteiger partial charge in [0.1, 0.15) is 5.75 Å². The monoisotopic (exact) mass is 738 g/mol. The molecule has 3 aromatic carbocycles. The summed E-state index contributed by atoms with van der Waals surface area (Å²) in [7, 11) is -3.42. The molecule has 50 heavy (non-hydrogen) atoms. The number of nitrogens with one attached hydrogen (secondary N) is 2. The average molecular weight is 739 g/mol. The van der Waals surface area contributed by atoms with Gasteiger partial charge in [-0.25, -0.2) is 8.42 Å². The lowest BCUT2D eigenvalue weighted by molar-refractivity contribution is -0.141. The van der Waals surface area contributed by atoms with Crippen molar-refractivity contribution < 1.29 is 22.7 Å². The van der Waals surface area contributed by atoms with Crippen LogP contribution in [0, 0.1) is 5.41 Å². The van der Waals surface area contributed by atoms with Gasteiger partial charge in [-0.15, -0.1) is 11.3 Å². The molecule has 2 heterocycles. The second kappa shape index (κ2) is 14.5. The Labute approximate surface area is 305 Å². The smallest absolute Gasteiger partial charge is 0.265 e. The summed E-state index contributed by atoms with van der Waals surface area (Å²) in [6, 6.07) is 18.9. The van der Waals surface area contributed by atoms with E-state index in [4.69, 9.17) is 16.3 Å². The highest BCUT2D eigenvalue weighted by Crippen LogP contribution is 2.38. The molecule has 1 aromatic heterocycles. The molecule has 268 valence electrons. The van der Waals surface area contributed by atoms with E-state index < -0.39 is 20.9 Å².